The zero-order valence-corrected chi connectivity index (χ0v) is 9.60. The molecule has 0 spiro atoms. The van der Waals surface area contributed by atoms with E-state index in [1.807, 2.05) is 13.8 Å². The fraction of sp³-hybridized carbons (Fsp3) is 0.727. The van der Waals surface area contributed by atoms with Crippen LogP contribution in [0.25, 0.3) is 0 Å². The van der Waals surface area contributed by atoms with Gasteiger partial charge in [-0.3, -0.25) is 14.5 Å². The third-order valence-corrected chi connectivity index (χ3v) is 2.59. The number of likely N-dealkylation sites (tertiary alicyclic amines) is 1. The van der Waals surface area contributed by atoms with Crippen LogP contribution in [0.15, 0.2) is 0 Å². The number of rotatable bonds is 3. The lowest BCUT2D eigenvalue weighted by atomic mass is 9.99. The first kappa shape index (κ1) is 12.7. The molecule has 5 heteroatoms. The molecule has 0 aromatic heterocycles. The van der Waals surface area contributed by atoms with Crippen molar-refractivity contribution in [2.45, 2.75) is 45.6 Å². The molecule has 0 aromatic carbocycles. The van der Waals surface area contributed by atoms with Crippen molar-refractivity contribution < 1.29 is 19.5 Å². The Hall–Kier alpha value is -1.39. The van der Waals surface area contributed by atoms with Gasteiger partial charge in [-0.1, -0.05) is 13.8 Å². The predicted octanol–water partition coefficient (Wildman–Crippen LogP) is 1.02. The molecule has 1 unspecified atom stereocenters. The maximum atomic E-state index is 11.8. The van der Waals surface area contributed by atoms with Gasteiger partial charge in [-0.05, 0) is 18.8 Å². The Bertz CT molecular complexity index is 311. The van der Waals surface area contributed by atoms with Crippen molar-refractivity contribution in [3.8, 4) is 0 Å². The molecule has 2 amide bonds. The van der Waals surface area contributed by atoms with Crippen LogP contribution in [0.2, 0.25) is 0 Å². The molecule has 0 bridgehead atoms. The molecule has 0 saturated carbocycles. The minimum absolute atomic E-state index is 0.122. The van der Waals surface area contributed by atoms with Crippen molar-refractivity contribution in [1.82, 2.24) is 4.90 Å². The van der Waals surface area contributed by atoms with E-state index in [2.05, 4.69) is 0 Å². The molecular weight excluding hydrogens is 210 g/mol. The average molecular weight is 227 g/mol. The number of carboxylic acids is 1. The second kappa shape index (κ2) is 5.09. The van der Waals surface area contributed by atoms with Crippen molar-refractivity contribution in [2.24, 2.45) is 5.92 Å². The monoisotopic (exact) mass is 227 g/mol. The topological polar surface area (TPSA) is 74.7 Å². The van der Waals surface area contributed by atoms with E-state index in [0.29, 0.717) is 12.8 Å². The summed E-state index contributed by atoms with van der Waals surface area (Å²) in [5.74, 6) is -1.70. The lowest BCUT2D eigenvalue weighted by Gasteiger charge is -2.31. The zero-order chi connectivity index (χ0) is 12.3. The SMILES string of the molecule is CC(C)CC(=O)N1C(=O)CCCC1C(=O)O. The predicted molar refractivity (Wildman–Crippen MR) is 56.6 cm³/mol. The van der Waals surface area contributed by atoms with Crippen LogP contribution in [0.5, 0.6) is 0 Å². The third kappa shape index (κ3) is 2.81. The van der Waals surface area contributed by atoms with Gasteiger partial charge in [0.25, 0.3) is 0 Å². The molecule has 1 saturated heterocycles. The fourth-order valence-electron chi connectivity index (χ4n) is 1.86. The molecule has 1 atom stereocenters. The number of piperidine rings is 1. The van der Waals surface area contributed by atoms with Crippen LogP contribution in [-0.4, -0.2) is 33.8 Å². The Balaban J connectivity index is 2.81. The maximum absolute atomic E-state index is 11.8. The number of aliphatic carboxylic acids is 1. The first-order valence-electron chi connectivity index (χ1n) is 5.51. The summed E-state index contributed by atoms with van der Waals surface area (Å²) in [6.45, 7) is 3.73. The van der Waals surface area contributed by atoms with E-state index >= 15 is 0 Å². The van der Waals surface area contributed by atoms with Crippen molar-refractivity contribution in [2.75, 3.05) is 0 Å². The summed E-state index contributed by atoms with van der Waals surface area (Å²) in [5, 5.41) is 8.96. The van der Waals surface area contributed by atoms with E-state index in [-0.39, 0.29) is 30.6 Å². The van der Waals surface area contributed by atoms with Gasteiger partial charge in [-0.15, -0.1) is 0 Å². The first-order chi connectivity index (χ1) is 7.43. The number of carbonyl (C=O) groups is 3. The van der Waals surface area contributed by atoms with E-state index in [9.17, 15) is 14.4 Å². The molecule has 0 aliphatic carbocycles. The summed E-state index contributed by atoms with van der Waals surface area (Å²) in [4.78, 5) is 35.2. The van der Waals surface area contributed by atoms with Crippen LogP contribution in [0, 0.1) is 5.92 Å². The van der Waals surface area contributed by atoms with Crippen LogP contribution in [0.1, 0.15) is 39.5 Å². The fourth-order valence-corrected chi connectivity index (χ4v) is 1.86. The smallest absolute Gasteiger partial charge is 0.326 e. The second-order valence-corrected chi connectivity index (χ2v) is 4.50. The molecule has 1 heterocycles. The lowest BCUT2D eigenvalue weighted by molar-refractivity contribution is -0.161. The molecule has 1 aliphatic rings. The first-order valence-corrected chi connectivity index (χ1v) is 5.51. The minimum atomic E-state index is -1.09. The van der Waals surface area contributed by atoms with Gasteiger partial charge in [0, 0.05) is 12.8 Å². The van der Waals surface area contributed by atoms with Crippen LogP contribution in [0.3, 0.4) is 0 Å². The Labute approximate surface area is 94.4 Å². The summed E-state index contributed by atoms with van der Waals surface area (Å²) in [6.07, 6.45) is 1.40. The highest BCUT2D eigenvalue weighted by Crippen LogP contribution is 2.20. The summed E-state index contributed by atoms with van der Waals surface area (Å²) < 4.78 is 0. The molecule has 16 heavy (non-hydrogen) atoms. The Morgan fingerprint density at radius 2 is 2.12 bits per heavy atom. The number of amides is 2. The summed E-state index contributed by atoms with van der Waals surface area (Å²) in [5.41, 5.74) is 0. The quantitative estimate of drug-likeness (QED) is 0.781. The zero-order valence-electron chi connectivity index (χ0n) is 9.60. The minimum Gasteiger partial charge on any atom is -0.480 e. The Morgan fingerprint density at radius 3 is 2.62 bits per heavy atom. The molecule has 0 radical (unpaired) electrons. The summed E-state index contributed by atoms with van der Waals surface area (Å²) >= 11 is 0. The van der Waals surface area contributed by atoms with Gasteiger partial charge in [-0.25, -0.2) is 4.79 Å². The highest BCUT2D eigenvalue weighted by Gasteiger charge is 2.37. The standard InChI is InChI=1S/C11H17NO4/c1-7(2)6-10(14)12-8(11(15)16)4-3-5-9(12)13/h7-8H,3-6H2,1-2H3,(H,15,16). The molecule has 1 fully saturated rings. The van der Waals surface area contributed by atoms with Gasteiger partial charge in [0.15, 0.2) is 0 Å². The van der Waals surface area contributed by atoms with E-state index < -0.39 is 12.0 Å². The van der Waals surface area contributed by atoms with E-state index in [1.54, 1.807) is 0 Å². The van der Waals surface area contributed by atoms with Crippen LogP contribution < -0.4 is 0 Å². The highest BCUT2D eigenvalue weighted by molar-refractivity contribution is 6.00. The largest absolute Gasteiger partial charge is 0.480 e. The third-order valence-electron chi connectivity index (χ3n) is 2.59. The Morgan fingerprint density at radius 1 is 1.50 bits per heavy atom. The van der Waals surface area contributed by atoms with E-state index in [0.717, 1.165) is 4.90 Å². The van der Waals surface area contributed by atoms with E-state index in [1.165, 1.54) is 0 Å². The van der Waals surface area contributed by atoms with Crippen LogP contribution in [-0.2, 0) is 14.4 Å². The normalized spacial score (nSPS) is 21.3. The van der Waals surface area contributed by atoms with Gasteiger partial charge >= 0.3 is 5.97 Å². The average Bonchev–Trinajstić information content (AvgIpc) is 2.15. The number of carboxylic acid groups (broad SMARTS) is 1. The number of carbonyl (C=O) groups excluding carboxylic acids is 2. The second-order valence-electron chi connectivity index (χ2n) is 4.50. The van der Waals surface area contributed by atoms with Gasteiger partial charge in [0.05, 0.1) is 0 Å². The number of hydrogen-bond donors (Lipinski definition) is 1. The van der Waals surface area contributed by atoms with Crippen molar-refractivity contribution >= 4 is 17.8 Å². The summed E-state index contributed by atoms with van der Waals surface area (Å²) in [7, 11) is 0. The van der Waals surface area contributed by atoms with Gasteiger partial charge in [-0.2, -0.15) is 0 Å². The van der Waals surface area contributed by atoms with Gasteiger partial charge < -0.3 is 5.11 Å². The highest BCUT2D eigenvalue weighted by atomic mass is 16.4. The molecular formula is C11H17NO4. The Kier molecular flexibility index (Phi) is 4.04. The molecule has 1 rings (SSSR count). The van der Waals surface area contributed by atoms with Crippen LogP contribution in [0.4, 0.5) is 0 Å². The van der Waals surface area contributed by atoms with Gasteiger partial charge in [0.1, 0.15) is 6.04 Å². The van der Waals surface area contributed by atoms with Crippen LogP contribution >= 0.6 is 0 Å². The van der Waals surface area contributed by atoms with Gasteiger partial charge in [0.2, 0.25) is 11.8 Å². The summed E-state index contributed by atoms with van der Waals surface area (Å²) in [6, 6.07) is -0.965. The van der Waals surface area contributed by atoms with Crippen molar-refractivity contribution in [1.29, 1.82) is 0 Å². The number of imide groups is 1. The van der Waals surface area contributed by atoms with E-state index in [4.69, 9.17) is 5.11 Å². The molecule has 1 aliphatic heterocycles. The molecule has 90 valence electrons. The van der Waals surface area contributed by atoms with Crippen molar-refractivity contribution in [3.63, 3.8) is 0 Å². The molecule has 5 nitrogen and oxygen atoms in total. The van der Waals surface area contributed by atoms with Crippen molar-refractivity contribution in [3.05, 3.63) is 0 Å². The number of hydrogen-bond acceptors (Lipinski definition) is 3. The number of nitrogens with zero attached hydrogens (tertiary/aromatic N) is 1. The lowest BCUT2D eigenvalue weighted by Crippen LogP contribution is -2.51. The molecule has 1 N–H and O–H groups in total. The maximum Gasteiger partial charge on any atom is 0.326 e. The molecule has 0 aromatic rings.